The lowest BCUT2D eigenvalue weighted by molar-refractivity contribution is 0.876. The Bertz CT molecular complexity index is 3390. The lowest BCUT2D eigenvalue weighted by Gasteiger charge is -2.27. The van der Waals surface area contributed by atoms with E-state index in [9.17, 15) is 0 Å². The van der Waals surface area contributed by atoms with Crippen molar-refractivity contribution in [2.45, 2.75) is 10.5 Å². The number of rotatable bonds is 13. The first-order valence-electron chi connectivity index (χ1n) is 25.8. The summed E-state index contributed by atoms with van der Waals surface area (Å²) in [5.41, 5.74) is 20.0. The number of benzene rings is 9. The predicted octanol–water partition coefficient (Wildman–Crippen LogP) is 19.8. The van der Waals surface area contributed by atoms with E-state index in [4.69, 9.17) is 0 Å². The molecule has 360 valence electrons. The Morgan fingerprint density at radius 1 is 0.227 bits per heavy atom. The van der Waals surface area contributed by atoms with Gasteiger partial charge in [0.2, 0.25) is 0 Å². The third-order valence-electron chi connectivity index (χ3n) is 14.7. The topological polar surface area (TPSA) is 9.72 Å². The van der Waals surface area contributed by atoms with Crippen molar-refractivity contribution >= 4 is 85.9 Å². The summed E-state index contributed by atoms with van der Waals surface area (Å²) in [6.45, 7) is 0. The van der Waals surface area contributed by atoms with Gasteiger partial charge < -0.3 is 14.7 Å². The lowest BCUT2D eigenvalue weighted by atomic mass is 9.88. The standard InChI is InChI=1S/C70H53N3S2/c1-4-14-56(15-5-1)71(59-36-24-50(25-37-59)52-28-40-61(41-29-52)72(57-16-6-2-7-17-57)63-44-32-54(33-45-63)67-48-74-69-22-12-10-20-65(67)69)60-38-26-51(27-39-60)53-30-42-62(43-31-53)73(58-18-8-3-9-19-58)64-46-34-55(35-47-64)68-49-75-70-23-13-11-21-66(68)70/h1-49,65-66,69-70H. The number of para-hydroxylation sites is 3. The molecule has 9 aromatic carbocycles. The Hall–Kier alpha value is -8.48. The van der Waals surface area contributed by atoms with Crippen LogP contribution in [0.25, 0.3) is 33.4 Å². The quantitative estimate of drug-likeness (QED) is 0.114. The fourth-order valence-corrected chi connectivity index (χ4v) is 13.2. The van der Waals surface area contributed by atoms with Crippen molar-refractivity contribution in [2.75, 3.05) is 14.7 Å². The number of nitrogens with zero attached hydrogens (tertiary/aromatic N) is 3. The highest BCUT2D eigenvalue weighted by Crippen LogP contribution is 2.47. The number of hydrogen-bond acceptors (Lipinski definition) is 5. The van der Waals surface area contributed by atoms with Gasteiger partial charge in [0, 0.05) is 73.5 Å². The summed E-state index contributed by atoms with van der Waals surface area (Å²) in [6.07, 6.45) is 18.0. The molecule has 0 spiro atoms. The molecule has 2 aliphatic carbocycles. The second-order valence-corrected chi connectivity index (χ2v) is 21.3. The Balaban J connectivity index is 0.733. The molecule has 0 fully saturated rings. The fourth-order valence-electron chi connectivity index (χ4n) is 10.9. The van der Waals surface area contributed by atoms with Gasteiger partial charge in [-0.1, -0.05) is 176 Å². The molecule has 0 aromatic heterocycles. The van der Waals surface area contributed by atoms with Crippen molar-refractivity contribution in [1.29, 1.82) is 0 Å². The molecular formula is C70H53N3S2. The van der Waals surface area contributed by atoms with Gasteiger partial charge in [0.1, 0.15) is 0 Å². The number of anilines is 9. The summed E-state index contributed by atoms with van der Waals surface area (Å²) in [7, 11) is 0. The molecule has 0 N–H and O–H groups in total. The van der Waals surface area contributed by atoms with E-state index in [1.165, 1.54) is 33.4 Å². The molecule has 0 bridgehead atoms. The third-order valence-corrected chi connectivity index (χ3v) is 17.0. The molecule has 4 atom stereocenters. The molecule has 5 heteroatoms. The molecule has 4 aliphatic rings. The predicted molar refractivity (Wildman–Crippen MR) is 324 cm³/mol. The highest BCUT2D eigenvalue weighted by molar-refractivity contribution is 8.03. The zero-order valence-corrected chi connectivity index (χ0v) is 42.9. The van der Waals surface area contributed by atoms with E-state index in [2.05, 4.69) is 311 Å². The van der Waals surface area contributed by atoms with Gasteiger partial charge in [-0.3, -0.25) is 0 Å². The fraction of sp³-hybridized carbons (Fsp3) is 0.0571. The van der Waals surface area contributed by atoms with E-state index in [1.807, 2.05) is 23.5 Å². The maximum atomic E-state index is 2.34. The van der Waals surface area contributed by atoms with Crippen molar-refractivity contribution in [2.24, 2.45) is 11.8 Å². The average molecular weight is 1000 g/mol. The van der Waals surface area contributed by atoms with E-state index < -0.39 is 0 Å². The molecule has 0 radical (unpaired) electrons. The summed E-state index contributed by atoms with van der Waals surface area (Å²) in [5.74, 6) is 0.853. The second kappa shape index (κ2) is 20.8. The summed E-state index contributed by atoms with van der Waals surface area (Å²) >= 11 is 3.84. The van der Waals surface area contributed by atoms with Crippen LogP contribution in [-0.4, -0.2) is 10.5 Å². The Morgan fingerprint density at radius 3 is 0.720 bits per heavy atom. The zero-order chi connectivity index (χ0) is 49.9. The maximum Gasteiger partial charge on any atom is 0.0462 e. The number of fused-ring (bicyclic) bond motifs is 2. The Morgan fingerprint density at radius 2 is 0.453 bits per heavy atom. The molecular weight excluding hydrogens is 947 g/mol. The molecule has 9 aromatic rings. The number of hydrogen-bond donors (Lipinski definition) is 0. The molecule has 2 heterocycles. The minimum Gasteiger partial charge on any atom is -0.311 e. The van der Waals surface area contributed by atoms with Gasteiger partial charge in [0.05, 0.1) is 0 Å². The van der Waals surface area contributed by atoms with Gasteiger partial charge in [0.25, 0.3) is 0 Å². The van der Waals surface area contributed by atoms with Gasteiger partial charge in [0.15, 0.2) is 0 Å². The number of thioether (sulfide) groups is 2. The highest BCUT2D eigenvalue weighted by Gasteiger charge is 2.30. The molecule has 13 rings (SSSR count). The van der Waals surface area contributed by atoms with Crippen molar-refractivity contribution in [1.82, 2.24) is 0 Å². The van der Waals surface area contributed by atoms with Gasteiger partial charge in [-0.2, -0.15) is 0 Å². The smallest absolute Gasteiger partial charge is 0.0462 e. The van der Waals surface area contributed by atoms with E-state index in [1.54, 1.807) is 0 Å². The van der Waals surface area contributed by atoms with E-state index >= 15 is 0 Å². The first-order chi connectivity index (χ1) is 37.2. The van der Waals surface area contributed by atoms with Gasteiger partial charge in [-0.25, -0.2) is 0 Å². The van der Waals surface area contributed by atoms with Crippen LogP contribution in [0.1, 0.15) is 11.1 Å². The molecule has 4 unspecified atom stereocenters. The van der Waals surface area contributed by atoms with Crippen LogP contribution in [0.4, 0.5) is 51.2 Å². The lowest BCUT2D eigenvalue weighted by Crippen LogP contribution is -2.12. The van der Waals surface area contributed by atoms with Crippen LogP contribution in [0, 0.1) is 11.8 Å². The minimum absolute atomic E-state index is 0.427. The average Bonchev–Trinajstić information content (AvgIpc) is 4.13. The van der Waals surface area contributed by atoms with E-state index in [0.717, 1.165) is 62.3 Å². The molecule has 2 aliphatic heterocycles. The largest absolute Gasteiger partial charge is 0.311 e. The monoisotopic (exact) mass is 999 g/mol. The van der Waals surface area contributed by atoms with Crippen molar-refractivity contribution < 1.29 is 0 Å². The molecule has 0 amide bonds. The van der Waals surface area contributed by atoms with Gasteiger partial charge in [-0.15, -0.1) is 23.5 Å². The van der Waals surface area contributed by atoms with Crippen LogP contribution >= 0.6 is 23.5 Å². The van der Waals surface area contributed by atoms with Crippen LogP contribution in [0.5, 0.6) is 0 Å². The Kier molecular flexibility index (Phi) is 12.8. The molecule has 0 saturated carbocycles. The van der Waals surface area contributed by atoms with Gasteiger partial charge in [-0.05, 0) is 165 Å². The highest BCUT2D eigenvalue weighted by atomic mass is 32.2. The zero-order valence-electron chi connectivity index (χ0n) is 41.3. The van der Waals surface area contributed by atoms with E-state index in [0.29, 0.717) is 22.3 Å². The minimum atomic E-state index is 0.427. The SMILES string of the molecule is C1=CC2SC=C(c3ccc(N(c4ccccc4)c4ccc(-c5ccc(N(c6ccccc6)c6ccc(-c7ccc(N(c8ccccc8)c8ccc(C9=CSC%10C=CC=CC9%10)cc8)cc7)cc6)cc5)cc4)cc3)C2C=C1. The third kappa shape index (κ3) is 9.42. The molecule has 75 heavy (non-hydrogen) atoms. The summed E-state index contributed by atoms with van der Waals surface area (Å²) in [6, 6.07) is 85.9. The summed E-state index contributed by atoms with van der Waals surface area (Å²) in [4.78, 5) is 7.01. The number of allylic oxidation sites excluding steroid dienone is 8. The van der Waals surface area contributed by atoms with Crippen molar-refractivity contribution in [3.8, 4) is 22.3 Å². The van der Waals surface area contributed by atoms with Crippen molar-refractivity contribution in [3.63, 3.8) is 0 Å². The van der Waals surface area contributed by atoms with Crippen LogP contribution in [-0.2, 0) is 0 Å². The van der Waals surface area contributed by atoms with Gasteiger partial charge >= 0.3 is 0 Å². The van der Waals surface area contributed by atoms with Crippen LogP contribution in [0.2, 0.25) is 0 Å². The molecule has 3 nitrogen and oxygen atoms in total. The molecule has 0 saturated heterocycles. The van der Waals surface area contributed by atoms with Crippen LogP contribution in [0.3, 0.4) is 0 Å². The first-order valence-corrected chi connectivity index (χ1v) is 27.7. The van der Waals surface area contributed by atoms with Crippen LogP contribution < -0.4 is 14.7 Å². The first kappa shape index (κ1) is 46.3. The Labute approximate surface area is 449 Å². The maximum absolute atomic E-state index is 2.34. The summed E-state index contributed by atoms with van der Waals surface area (Å²) in [5, 5.41) is 5.67. The second-order valence-electron chi connectivity index (χ2n) is 19.2. The summed E-state index contributed by atoms with van der Waals surface area (Å²) < 4.78 is 0. The van der Waals surface area contributed by atoms with E-state index in [-0.39, 0.29) is 0 Å². The van der Waals surface area contributed by atoms with Crippen molar-refractivity contribution in [3.05, 3.63) is 307 Å². The normalized spacial score (nSPS) is 18.0. The van der Waals surface area contributed by atoms with Crippen LogP contribution in [0.15, 0.2) is 296 Å².